The van der Waals surface area contributed by atoms with Crippen molar-refractivity contribution in [3.63, 3.8) is 0 Å². The van der Waals surface area contributed by atoms with Crippen LogP contribution >= 0.6 is 11.6 Å². The van der Waals surface area contributed by atoms with Crippen LogP contribution in [0.3, 0.4) is 0 Å². The normalized spacial score (nSPS) is 12.2. The molecule has 33 heavy (non-hydrogen) atoms. The molecule has 0 aliphatic heterocycles. The van der Waals surface area contributed by atoms with Crippen LogP contribution in [0.5, 0.6) is 0 Å². The SMILES string of the molecule is CC(C=O)(c1ccc(Cl)cc1)N(NC(=O)OCc1ccccc1)C(=O)OCc1ccccc1. The van der Waals surface area contributed by atoms with E-state index in [2.05, 4.69) is 5.43 Å². The molecule has 1 unspecified atom stereocenters. The van der Waals surface area contributed by atoms with Crippen molar-refractivity contribution in [2.45, 2.75) is 25.7 Å². The van der Waals surface area contributed by atoms with Gasteiger partial charge in [-0.3, -0.25) is 0 Å². The summed E-state index contributed by atoms with van der Waals surface area (Å²) in [5.74, 6) is 0. The van der Waals surface area contributed by atoms with E-state index in [9.17, 15) is 14.4 Å². The number of halogens is 1. The zero-order valence-electron chi connectivity index (χ0n) is 17.9. The van der Waals surface area contributed by atoms with Gasteiger partial charge in [0, 0.05) is 5.02 Å². The van der Waals surface area contributed by atoms with Gasteiger partial charge < -0.3 is 14.3 Å². The van der Waals surface area contributed by atoms with E-state index < -0.39 is 17.7 Å². The zero-order chi connectivity index (χ0) is 23.7. The number of carbonyl (C=O) groups is 3. The number of amides is 2. The Kier molecular flexibility index (Phi) is 8.05. The summed E-state index contributed by atoms with van der Waals surface area (Å²) in [6.07, 6.45) is -1.31. The van der Waals surface area contributed by atoms with Gasteiger partial charge in [0.2, 0.25) is 0 Å². The number of nitrogens with one attached hydrogen (secondary N) is 1. The number of nitrogens with zero attached hydrogens (tertiary/aromatic N) is 1. The van der Waals surface area contributed by atoms with E-state index in [-0.39, 0.29) is 13.2 Å². The fourth-order valence-corrected chi connectivity index (χ4v) is 3.15. The van der Waals surface area contributed by atoms with Crippen LogP contribution in [0.1, 0.15) is 23.6 Å². The summed E-state index contributed by atoms with van der Waals surface area (Å²) >= 11 is 5.97. The molecule has 0 aliphatic carbocycles. The first-order chi connectivity index (χ1) is 15.9. The number of rotatable bonds is 7. The molecular formula is C25H23ClN2O5. The Morgan fingerprint density at radius 1 is 0.879 bits per heavy atom. The minimum atomic E-state index is -1.59. The van der Waals surface area contributed by atoms with Gasteiger partial charge in [-0.15, -0.1) is 0 Å². The molecule has 0 spiro atoms. The molecule has 3 aromatic rings. The van der Waals surface area contributed by atoms with Crippen LogP contribution < -0.4 is 5.43 Å². The maximum absolute atomic E-state index is 13.0. The molecule has 0 saturated carbocycles. The third-order valence-electron chi connectivity index (χ3n) is 4.93. The second kappa shape index (κ2) is 11.2. The van der Waals surface area contributed by atoms with Crippen molar-refractivity contribution >= 4 is 30.1 Å². The van der Waals surface area contributed by atoms with Crippen molar-refractivity contribution in [3.8, 4) is 0 Å². The molecule has 0 aliphatic rings. The van der Waals surface area contributed by atoms with E-state index in [4.69, 9.17) is 21.1 Å². The molecule has 0 fully saturated rings. The van der Waals surface area contributed by atoms with Crippen LogP contribution in [0, 0.1) is 0 Å². The van der Waals surface area contributed by atoms with Gasteiger partial charge in [0.1, 0.15) is 18.8 Å². The van der Waals surface area contributed by atoms with Gasteiger partial charge in [-0.1, -0.05) is 84.4 Å². The van der Waals surface area contributed by atoms with E-state index in [0.29, 0.717) is 16.9 Å². The summed E-state index contributed by atoms with van der Waals surface area (Å²) in [5.41, 5.74) is 2.70. The zero-order valence-corrected chi connectivity index (χ0v) is 18.7. The first kappa shape index (κ1) is 23.8. The Balaban J connectivity index is 1.80. The van der Waals surface area contributed by atoms with Gasteiger partial charge >= 0.3 is 12.2 Å². The Hall–Kier alpha value is -3.84. The van der Waals surface area contributed by atoms with Crippen LogP contribution in [0.4, 0.5) is 9.59 Å². The summed E-state index contributed by atoms with van der Waals surface area (Å²) < 4.78 is 10.6. The van der Waals surface area contributed by atoms with Crippen LogP contribution in [-0.2, 0) is 33.0 Å². The number of aldehydes is 1. The lowest BCUT2D eigenvalue weighted by molar-refractivity contribution is -0.119. The van der Waals surface area contributed by atoms with E-state index >= 15 is 0 Å². The number of hydrazine groups is 1. The highest BCUT2D eigenvalue weighted by Gasteiger charge is 2.40. The van der Waals surface area contributed by atoms with E-state index in [0.717, 1.165) is 16.1 Å². The molecule has 0 bridgehead atoms. The standard InChI is InChI=1S/C25H23ClN2O5/c1-25(18-29,21-12-14-22(26)15-13-21)28(24(31)33-17-20-10-6-3-7-11-20)27-23(30)32-16-19-8-4-2-5-9-19/h2-15,18H,16-17H2,1H3,(H,27,30). The van der Waals surface area contributed by atoms with Gasteiger partial charge in [-0.25, -0.2) is 15.0 Å². The highest BCUT2D eigenvalue weighted by Crippen LogP contribution is 2.27. The van der Waals surface area contributed by atoms with Crippen LogP contribution in [-0.4, -0.2) is 23.5 Å². The van der Waals surface area contributed by atoms with Crippen LogP contribution in [0.15, 0.2) is 84.9 Å². The molecule has 2 amide bonds. The second-order valence-corrected chi connectivity index (χ2v) is 7.76. The summed E-state index contributed by atoms with van der Waals surface area (Å²) in [6.45, 7) is 1.41. The second-order valence-electron chi connectivity index (χ2n) is 7.32. The van der Waals surface area contributed by atoms with Crippen molar-refractivity contribution in [3.05, 3.63) is 107 Å². The topological polar surface area (TPSA) is 84.9 Å². The maximum atomic E-state index is 13.0. The highest BCUT2D eigenvalue weighted by atomic mass is 35.5. The smallest absolute Gasteiger partial charge is 0.430 e. The first-order valence-electron chi connectivity index (χ1n) is 10.1. The van der Waals surface area contributed by atoms with Crippen molar-refractivity contribution in [1.29, 1.82) is 0 Å². The summed E-state index contributed by atoms with van der Waals surface area (Å²) in [5, 5.41) is 1.28. The van der Waals surface area contributed by atoms with Crippen molar-refractivity contribution < 1.29 is 23.9 Å². The molecular weight excluding hydrogens is 444 g/mol. The van der Waals surface area contributed by atoms with E-state index in [1.165, 1.54) is 6.92 Å². The largest absolute Gasteiger partial charge is 0.443 e. The number of hydrogen-bond donors (Lipinski definition) is 1. The number of ether oxygens (including phenoxy) is 2. The Morgan fingerprint density at radius 2 is 1.39 bits per heavy atom. The number of benzene rings is 3. The quantitative estimate of drug-likeness (QED) is 0.380. The molecule has 1 atom stereocenters. The third-order valence-corrected chi connectivity index (χ3v) is 5.18. The lowest BCUT2D eigenvalue weighted by atomic mass is 9.93. The van der Waals surface area contributed by atoms with Crippen molar-refractivity contribution in [1.82, 2.24) is 10.4 Å². The Bertz CT molecular complexity index is 1080. The molecule has 0 aromatic heterocycles. The molecule has 3 aromatic carbocycles. The average Bonchev–Trinajstić information content (AvgIpc) is 2.86. The predicted molar refractivity (Wildman–Crippen MR) is 123 cm³/mol. The minimum Gasteiger partial charge on any atom is -0.443 e. The van der Waals surface area contributed by atoms with Gasteiger partial charge in [0.05, 0.1) is 0 Å². The molecule has 0 radical (unpaired) electrons. The number of carbonyl (C=O) groups excluding carboxylic acids is 3. The van der Waals surface area contributed by atoms with Crippen LogP contribution in [0.2, 0.25) is 5.02 Å². The fourth-order valence-electron chi connectivity index (χ4n) is 3.02. The Labute approximate surface area is 196 Å². The van der Waals surface area contributed by atoms with Crippen molar-refractivity contribution in [2.24, 2.45) is 0 Å². The fraction of sp³-hybridized carbons (Fsp3) is 0.160. The average molecular weight is 467 g/mol. The summed E-state index contributed by atoms with van der Waals surface area (Å²) in [4.78, 5) is 37.8. The highest BCUT2D eigenvalue weighted by molar-refractivity contribution is 6.30. The third kappa shape index (κ3) is 6.33. The van der Waals surface area contributed by atoms with Gasteiger partial charge in [0.15, 0.2) is 6.29 Å². The van der Waals surface area contributed by atoms with Gasteiger partial charge in [-0.2, -0.15) is 5.01 Å². The molecule has 3 rings (SSSR count). The lowest BCUT2D eigenvalue weighted by Crippen LogP contribution is -2.58. The first-order valence-corrected chi connectivity index (χ1v) is 10.5. The molecule has 8 heteroatoms. The Morgan fingerprint density at radius 3 is 1.91 bits per heavy atom. The predicted octanol–water partition coefficient (Wildman–Crippen LogP) is 5.23. The molecule has 7 nitrogen and oxygen atoms in total. The molecule has 1 N–H and O–H groups in total. The molecule has 0 saturated heterocycles. The van der Waals surface area contributed by atoms with Gasteiger partial charge in [-0.05, 0) is 35.7 Å². The van der Waals surface area contributed by atoms with Gasteiger partial charge in [0.25, 0.3) is 0 Å². The molecule has 0 heterocycles. The number of hydrogen-bond acceptors (Lipinski definition) is 5. The van der Waals surface area contributed by atoms with E-state index in [1.807, 2.05) is 36.4 Å². The summed E-state index contributed by atoms with van der Waals surface area (Å²) in [7, 11) is 0. The van der Waals surface area contributed by atoms with Crippen LogP contribution in [0.25, 0.3) is 0 Å². The van der Waals surface area contributed by atoms with E-state index in [1.54, 1.807) is 48.5 Å². The minimum absolute atomic E-state index is 0.0156. The monoisotopic (exact) mass is 466 g/mol. The lowest BCUT2D eigenvalue weighted by Gasteiger charge is -2.36. The summed E-state index contributed by atoms with van der Waals surface area (Å²) in [6, 6.07) is 24.4. The molecule has 170 valence electrons. The van der Waals surface area contributed by atoms with Crippen molar-refractivity contribution in [2.75, 3.05) is 0 Å². The maximum Gasteiger partial charge on any atom is 0.430 e.